The van der Waals surface area contributed by atoms with Crippen LogP contribution >= 0.6 is 0 Å². The number of esters is 3. The Hall–Kier alpha value is -2.37. The highest BCUT2D eigenvalue weighted by molar-refractivity contribution is 5.71. The van der Waals surface area contributed by atoms with Crippen LogP contribution in [0.3, 0.4) is 0 Å². The SMILES string of the molecule is CCCCC/C=C\C/C=C\CCCCCCCCCCCC(=O)O[C@H](COC(=O)CCCCCCCCCCCCC/C=C\CCCCCCCC)COC(=O)CCCCCCCCCCCCCCCCC. The first-order valence-corrected chi connectivity index (χ1v) is 32.5. The standard InChI is InChI=1S/C67H124O6/c1-4-7-10-13-16-19-22-25-28-30-32-33-35-36-39-42-45-48-51-54-57-60-66(69)72-63-64(62-71-65(68)59-56-53-50-47-44-41-38-27-24-21-18-15-12-9-6-3)73-67(70)61-58-55-52-49-46-43-40-37-34-31-29-26-23-20-17-14-11-8-5-2/h17,20,25-26,28-29,64H,4-16,18-19,21-24,27,30-63H2,1-3H3/b20-17-,28-25-,29-26-/t64-/m0/s1. The fourth-order valence-corrected chi connectivity index (χ4v) is 9.71. The Balaban J connectivity index is 4.31. The zero-order valence-electron chi connectivity index (χ0n) is 49.2. The van der Waals surface area contributed by atoms with E-state index < -0.39 is 6.10 Å². The van der Waals surface area contributed by atoms with Gasteiger partial charge in [0.25, 0.3) is 0 Å². The van der Waals surface area contributed by atoms with Crippen LogP contribution in [0.25, 0.3) is 0 Å². The van der Waals surface area contributed by atoms with Gasteiger partial charge >= 0.3 is 17.9 Å². The molecule has 0 aromatic heterocycles. The van der Waals surface area contributed by atoms with Gasteiger partial charge in [0.1, 0.15) is 13.2 Å². The van der Waals surface area contributed by atoms with Crippen LogP contribution < -0.4 is 0 Å². The molecule has 0 unspecified atom stereocenters. The predicted octanol–water partition coefficient (Wildman–Crippen LogP) is 22.0. The number of allylic oxidation sites excluding steroid dienone is 6. The topological polar surface area (TPSA) is 78.9 Å². The Bertz CT molecular complexity index is 1220. The van der Waals surface area contributed by atoms with Gasteiger partial charge in [0.2, 0.25) is 0 Å². The Labute approximate surface area is 455 Å². The molecule has 0 fully saturated rings. The second-order valence-corrected chi connectivity index (χ2v) is 22.0. The molecule has 6 heteroatoms. The van der Waals surface area contributed by atoms with E-state index in [1.54, 1.807) is 0 Å². The summed E-state index contributed by atoms with van der Waals surface area (Å²) >= 11 is 0. The van der Waals surface area contributed by atoms with Crippen molar-refractivity contribution in [1.82, 2.24) is 0 Å². The van der Waals surface area contributed by atoms with Gasteiger partial charge in [0, 0.05) is 19.3 Å². The number of unbranched alkanes of at least 4 members (excludes halogenated alkanes) is 43. The smallest absolute Gasteiger partial charge is 0.306 e. The summed E-state index contributed by atoms with van der Waals surface area (Å²) in [6.07, 6.45) is 75.7. The fourth-order valence-electron chi connectivity index (χ4n) is 9.71. The van der Waals surface area contributed by atoms with E-state index in [-0.39, 0.29) is 31.1 Å². The van der Waals surface area contributed by atoms with Crippen molar-refractivity contribution in [3.63, 3.8) is 0 Å². The molecule has 0 radical (unpaired) electrons. The molecular formula is C67H124O6. The second kappa shape index (κ2) is 62.2. The molecule has 6 nitrogen and oxygen atoms in total. The third-order valence-electron chi connectivity index (χ3n) is 14.6. The van der Waals surface area contributed by atoms with Crippen molar-refractivity contribution in [3.8, 4) is 0 Å². The van der Waals surface area contributed by atoms with Gasteiger partial charge in [-0.05, 0) is 77.0 Å². The number of ether oxygens (including phenoxy) is 3. The molecule has 0 aliphatic carbocycles. The molecular weight excluding hydrogens is 901 g/mol. The van der Waals surface area contributed by atoms with E-state index in [9.17, 15) is 14.4 Å². The van der Waals surface area contributed by atoms with Gasteiger partial charge in [-0.3, -0.25) is 14.4 Å². The molecule has 0 heterocycles. The van der Waals surface area contributed by atoms with Crippen molar-refractivity contribution in [2.45, 2.75) is 361 Å². The van der Waals surface area contributed by atoms with Crippen molar-refractivity contribution >= 4 is 17.9 Å². The first-order valence-electron chi connectivity index (χ1n) is 32.5. The molecule has 0 saturated heterocycles. The quantitative estimate of drug-likeness (QED) is 0.0261. The van der Waals surface area contributed by atoms with Crippen LogP contribution in [0.5, 0.6) is 0 Å². The van der Waals surface area contributed by atoms with E-state index in [4.69, 9.17) is 14.2 Å². The lowest BCUT2D eigenvalue weighted by molar-refractivity contribution is -0.167. The molecule has 0 aromatic carbocycles. The van der Waals surface area contributed by atoms with E-state index in [0.29, 0.717) is 19.3 Å². The number of carbonyl (C=O) groups is 3. The number of rotatable bonds is 60. The molecule has 0 aliphatic rings. The Morgan fingerprint density at radius 3 is 0.795 bits per heavy atom. The monoisotopic (exact) mass is 1020 g/mol. The zero-order chi connectivity index (χ0) is 52.9. The molecule has 0 aliphatic heterocycles. The molecule has 0 rings (SSSR count). The van der Waals surface area contributed by atoms with E-state index in [0.717, 1.165) is 64.2 Å². The molecule has 0 bridgehead atoms. The summed E-state index contributed by atoms with van der Waals surface area (Å²) in [5.41, 5.74) is 0. The Kier molecular flexibility index (Phi) is 60.2. The lowest BCUT2D eigenvalue weighted by atomic mass is 10.0. The molecule has 0 saturated carbocycles. The average Bonchev–Trinajstić information content (AvgIpc) is 3.39. The maximum absolute atomic E-state index is 12.9. The van der Waals surface area contributed by atoms with Crippen LogP contribution in [-0.4, -0.2) is 37.2 Å². The largest absolute Gasteiger partial charge is 0.462 e. The minimum absolute atomic E-state index is 0.0693. The lowest BCUT2D eigenvalue weighted by Crippen LogP contribution is -2.30. The first-order chi connectivity index (χ1) is 36.0. The van der Waals surface area contributed by atoms with Crippen LogP contribution in [0.2, 0.25) is 0 Å². The summed E-state index contributed by atoms with van der Waals surface area (Å²) in [4.78, 5) is 38.3. The molecule has 428 valence electrons. The van der Waals surface area contributed by atoms with Gasteiger partial charge in [0.05, 0.1) is 0 Å². The second-order valence-electron chi connectivity index (χ2n) is 22.0. The molecule has 0 N–H and O–H groups in total. The summed E-state index contributed by atoms with van der Waals surface area (Å²) in [5.74, 6) is -0.849. The van der Waals surface area contributed by atoms with Crippen molar-refractivity contribution in [3.05, 3.63) is 36.5 Å². The highest BCUT2D eigenvalue weighted by Crippen LogP contribution is 2.17. The highest BCUT2D eigenvalue weighted by atomic mass is 16.6. The van der Waals surface area contributed by atoms with Crippen LogP contribution in [0, 0.1) is 0 Å². The third kappa shape index (κ3) is 60.4. The van der Waals surface area contributed by atoms with E-state index >= 15 is 0 Å². The summed E-state index contributed by atoms with van der Waals surface area (Å²) in [7, 11) is 0. The normalized spacial score (nSPS) is 12.2. The molecule has 73 heavy (non-hydrogen) atoms. The average molecular weight is 1030 g/mol. The van der Waals surface area contributed by atoms with E-state index in [1.165, 1.54) is 250 Å². The minimum Gasteiger partial charge on any atom is -0.462 e. The van der Waals surface area contributed by atoms with Crippen molar-refractivity contribution in [2.75, 3.05) is 13.2 Å². The minimum atomic E-state index is -0.773. The van der Waals surface area contributed by atoms with Crippen molar-refractivity contribution in [2.24, 2.45) is 0 Å². The van der Waals surface area contributed by atoms with Gasteiger partial charge in [-0.25, -0.2) is 0 Å². The van der Waals surface area contributed by atoms with Crippen LogP contribution in [0.1, 0.15) is 355 Å². The molecule has 0 amide bonds. The summed E-state index contributed by atoms with van der Waals surface area (Å²) in [5, 5.41) is 0. The Morgan fingerprint density at radius 1 is 0.274 bits per heavy atom. The van der Waals surface area contributed by atoms with Gasteiger partial charge in [-0.2, -0.15) is 0 Å². The van der Waals surface area contributed by atoms with Crippen LogP contribution in [0.4, 0.5) is 0 Å². The number of hydrogen-bond donors (Lipinski definition) is 0. The third-order valence-corrected chi connectivity index (χ3v) is 14.6. The first kappa shape index (κ1) is 70.6. The van der Waals surface area contributed by atoms with E-state index in [2.05, 4.69) is 57.2 Å². The Morgan fingerprint density at radius 2 is 0.493 bits per heavy atom. The zero-order valence-corrected chi connectivity index (χ0v) is 49.2. The van der Waals surface area contributed by atoms with Gasteiger partial charge < -0.3 is 14.2 Å². The summed E-state index contributed by atoms with van der Waals surface area (Å²) in [6, 6.07) is 0. The maximum Gasteiger partial charge on any atom is 0.306 e. The van der Waals surface area contributed by atoms with E-state index in [1.807, 2.05) is 0 Å². The summed E-state index contributed by atoms with van der Waals surface area (Å²) in [6.45, 7) is 6.67. The summed E-state index contributed by atoms with van der Waals surface area (Å²) < 4.78 is 17.0. The van der Waals surface area contributed by atoms with Gasteiger partial charge in [-0.15, -0.1) is 0 Å². The van der Waals surface area contributed by atoms with Crippen molar-refractivity contribution < 1.29 is 28.6 Å². The molecule has 0 aromatic rings. The number of hydrogen-bond acceptors (Lipinski definition) is 6. The van der Waals surface area contributed by atoms with Crippen LogP contribution in [-0.2, 0) is 28.6 Å². The maximum atomic E-state index is 12.9. The van der Waals surface area contributed by atoms with Gasteiger partial charge in [0.15, 0.2) is 6.10 Å². The van der Waals surface area contributed by atoms with Gasteiger partial charge in [-0.1, -0.05) is 295 Å². The molecule has 1 atom stereocenters. The highest BCUT2D eigenvalue weighted by Gasteiger charge is 2.19. The van der Waals surface area contributed by atoms with Crippen molar-refractivity contribution in [1.29, 1.82) is 0 Å². The number of carbonyl (C=O) groups excluding carboxylic acids is 3. The lowest BCUT2D eigenvalue weighted by Gasteiger charge is -2.18. The predicted molar refractivity (Wildman–Crippen MR) is 316 cm³/mol. The van der Waals surface area contributed by atoms with Crippen LogP contribution in [0.15, 0.2) is 36.5 Å². The molecule has 0 spiro atoms. The fraction of sp³-hybridized carbons (Fsp3) is 0.866.